The molecule has 3 aromatic rings. The van der Waals surface area contributed by atoms with E-state index in [1.807, 2.05) is 18.3 Å². The molecule has 2 bridgehead atoms. The molecule has 3 aromatic heterocycles. The van der Waals surface area contributed by atoms with E-state index in [0.717, 1.165) is 51.3 Å². The molecule has 2 fully saturated rings. The number of aromatic amines is 1. The average Bonchev–Trinajstić information content (AvgIpc) is 3.42. The molecule has 2 aliphatic carbocycles. The number of hydrogen-bond acceptors (Lipinski definition) is 6. The van der Waals surface area contributed by atoms with Crippen molar-refractivity contribution in [3.63, 3.8) is 0 Å². The molecule has 3 heterocycles. The van der Waals surface area contributed by atoms with Gasteiger partial charge in [-0.2, -0.15) is 0 Å². The van der Waals surface area contributed by atoms with Crippen LogP contribution in [-0.4, -0.2) is 31.1 Å². The quantitative estimate of drug-likeness (QED) is 0.543. The summed E-state index contributed by atoms with van der Waals surface area (Å²) < 4.78 is 0. The van der Waals surface area contributed by atoms with Gasteiger partial charge >= 0.3 is 0 Å². The van der Waals surface area contributed by atoms with Gasteiger partial charge in [-0.05, 0) is 61.4 Å². The molecule has 3 atom stereocenters. The van der Waals surface area contributed by atoms with Crippen LogP contribution in [0.15, 0.2) is 34.6 Å². The Bertz CT molecular complexity index is 989. The highest BCUT2D eigenvalue weighted by molar-refractivity contribution is 7.99. The SMILES string of the molecule is CCc1[nH]c2nc(Sc3cccnc3)nc(NC3CC4CCC3C4)c2c1CO. The molecule has 0 amide bonds. The number of H-pyrrole nitrogens is 1. The Morgan fingerprint density at radius 2 is 2.21 bits per heavy atom. The number of hydrogen-bond donors (Lipinski definition) is 3. The first kappa shape index (κ1) is 17.9. The third-order valence-electron chi connectivity index (χ3n) is 6.24. The number of pyridine rings is 1. The topological polar surface area (TPSA) is 86.7 Å². The predicted molar refractivity (Wildman–Crippen MR) is 110 cm³/mol. The van der Waals surface area contributed by atoms with Gasteiger partial charge in [-0.15, -0.1) is 0 Å². The number of nitrogens with zero attached hydrogens (tertiary/aromatic N) is 3. The summed E-state index contributed by atoms with van der Waals surface area (Å²) in [6, 6.07) is 4.40. The Labute approximate surface area is 168 Å². The first-order valence-corrected chi connectivity index (χ1v) is 10.9. The molecule has 0 radical (unpaired) electrons. The molecule has 28 heavy (non-hydrogen) atoms. The van der Waals surface area contributed by atoms with E-state index < -0.39 is 0 Å². The maximum atomic E-state index is 10.0. The summed E-state index contributed by atoms with van der Waals surface area (Å²) in [6.07, 6.45) is 9.66. The number of aliphatic hydroxyl groups excluding tert-OH is 1. The number of anilines is 1. The van der Waals surface area contributed by atoms with Gasteiger partial charge in [0.25, 0.3) is 0 Å². The van der Waals surface area contributed by atoms with Crippen molar-refractivity contribution in [3.05, 3.63) is 35.8 Å². The van der Waals surface area contributed by atoms with E-state index in [1.54, 1.807) is 6.20 Å². The number of aromatic nitrogens is 4. The molecule has 0 aromatic carbocycles. The van der Waals surface area contributed by atoms with Crippen LogP contribution in [0.25, 0.3) is 11.0 Å². The van der Waals surface area contributed by atoms with E-state index in [-0.39, 0.29) is 6.61 Å². The van der Waals surface area contributed by atoms with Crippen LogP contribution in [0.1, 0.15) is 43.9 Å². The van der Waals surface area contributed by atoms with Crippen molar-refractivity contribution in [2.75, 3.05) is 5.32 Å². The van der Waals surface area contributed by atoms with E-state index >= 15 is 0 Å². The number of rotatable bonds is 6. The van der Waals surface area contributed by atoms with Gasteiger partial charge in [-0.25, -0.2) is 9.97 Å². The second-order valence-corrected chi connectivity index (χ2v) is 8.93. The van der Waals surface area contributed by atoms with Gasteiger partial charge in [-0.1, -0.05) is 13.3 Å². The normalized spacial score (nSPS) is 23.6. The average molecular weight is 396 g/mol. The standard InChI is InChI=1S/C21H25N5OS/c1-2-16-15(11-27)18-19(23-16)25-21(28-14-4-3-7-22-10-14)26-20(18)24-17-9-12-5-6-13(17)8-12/h3-4,7,10,12-13,17,27H,2,5-6,8-9,11H2,1H3,(H2,23,24,25,26). The van der Waals surface area contributed by atoms with E-state index in [1.165, 1.54) is 37.4 Å². The van der Waals surface area contributed by atoms with Crippen LogP contribution >= 0.6 is 11.8 Å². The lowest BCUT2D eigenvalue weighted by atomic mass is 9.95. The fraction of sp³-hybridized carbons (Fsp3) is 0.476. The molecule has 0 saturated heterocycles. The van der Waals surface area contributed by atoms with E-state index in [0.29, 0.717) is 11.2 Å². The Morgan fingerprint density at radius 1 is 1.29 bits per heavy atom. The Balaban J connectivity index is 1.56. The summed E-state index contributed by atoms with van der Waals surface area (Å²) in [5.41, 5.74) is 2.75. The first-order valence-electron chi connectivity index (χ1n) is 10.1. The highest BCUT2D eigenvalue weighted by atomic mass is 32.2. The van der Waals surface area contributed by atoms with Gasteiger partial charge < -0.3 is 15.4 Å². The van der Waals surface area contributed by atoms with Crippen LogP contribution in [0.5, 0.6) is 0 Å². The molecule has 7 heteroatoms. The largest absolute Gasteiger partial charge is 0.392 e. The van der Waals surface area contributed by atoms with E-state index in [2.05, 4.69) is 22.2 Å². The van der Waals surface area contributed by atoms with Crippen LogP contribution in [0.3, 0.4) is 0 Å². The molecule has 0 spiro atoms. The van der Waals surface area contributed by atoms with Gasteiger partial charge in [0.05, 0.1) is 12.0 Å². The summed E-state index contributed by atoms with van der Waals surface area (Å²) >= 11 is 1.51. The van der Waals surface area contributed by atoms with Gasteiger partial charge in [-0.3, -0.25) is 4.98 Å². The van der Waals surface area contributed by atoms with Crippen LogP contribution in [0, 0.1) is 11.8 Å². The zero-order valence-electron chi connectivity index (χ0n) is 16.0. The molecule has 3 unspecified atom stereocenters. The van der Waals surface area contributed by atoms with E-state index in [4.69, 9.17) is 9.97 Å². The Hall–Kier alpha value is -2.12. The van der Waals surface area contributed by atoms with Crippen molar-refractivity contribution < 1.29 is 5.11 Å². The molecule has 2 aliphatic rings. The smallest absolute Gasteiger partial charge is 0.196 e. The lowest BCUT2D eigenvalue weighted by Gasteiger charge is -2.24. The van der Waals surface area contributed by atoms with Crippen LogP contribution in [0.2, 0.25) is 0 Å². The second-order valence-electron chi connectivity index (χ2n) is 7.89. The van der Waals surface area contributed by atoms with Gasteiger partial charge in [0, 0.05) is 34.6 Å². The Morgan fingerprint density at radius 3 is 2.89 bits per heavy atom. The summed E-state index contributed by atoms with van der Waals surface area (Å²) in [5.74, 6) is 2.46. The number of aryl methyl sites for hydroxylation is 1. The van der Waals surface area contributed by atoms with Crippen molar-refractivity contribution >= 4 is 28.6 Å². The van der Waals surface area contributed by atoms with Gasteiger partial charge in [0.2, 0.25) is 0 Å². The molecule has 3 N–H and O–H groups in total. The number of fused-ring (bicyclic) bond motifs is 3. The highest BCUT2D eigenvalue weighted by Gasteiger charge is 2.40. The second kappa shape index (κ2) is 7.37. The zero-order valence-corrected chi connectivity index (χ0v) is 16.8. The highest BCUT2D eigenvalue weighted by Crippen LogP contribution is 2.46. The van der Waals surface area contributed by atoms with Crippen molar-refractivity contribution in [2.24, 2.45) is 11.8 Å². The van der Waals surface area contributed by atoms with Crippen molar-refractivity contribution in [1.82, 2.24) is 19.9 Å². The van der Waals surface area contributed by atoms with Crippen LogP contribution in [0.4, 0.5) is 5.82 Å². The molecule has 146 valence electrons. The number of nitrogens with one attached hydrogen (secondary N) is 2. The third-order valence-corrected chi connectivity index (χ3v) is 7.08. The van der Waals surface area contributed by atoms with Crippen molar-refractivity contribution in [2.45, 2.75) is 61.7 Å². The van der Waals surface area contributed by atoms with Crippen LogP contribution < -0.4 is 5.32 Å². The maximum absolute atomic E-state index is 10.0. The Kier molecular flexibility index (Phi) is 4.72. The van der Waals surface area contributed by atoms with Gasteiger partial charge in [0.15, 0.2) is 5.16 Å². The minimum atomic E-state index is -0.00692. The van der Waals surface area contributed by atoms with Gasteiger partial charge in [0.1, 0.15) is 11.5 Å². The molecular weight excluding hydrogens is 370 g/mol. The zero-order chi connectivity index (χ0) is 19.1. The molecular formula is C21H25N5OS. The first-order chi connectivity index (χ1) is 13.7. The predicted octanol–water partition coefficient (Wildman–Crippen LogP) is 4.16. The fourth-order valence-corrected chi connectivity index (χ4v) is 5.67. The van der Waals surface area contributed by atoms with Crippen molar-refractivity contribution in [1.29, 1.82) is 0 Å². The molecule has 6 nitrogen and oxygen atoms in total. The van der Waals surface area contributed by atoms with Crippen molar-refractivity contribution in [3.8, 4) is 0 Å². The summed E-state index contributed by atoms with van der Waals surface area (Å²) in [6.45, 7) is 2.08. The molecule has 2 saturated carbocycles. The van der Waals surface area contributed by atoms with Crippen LogP contribution in [-0.2, 0) is 13.0 Å². The summed E-state index contributed by atoms with van der Waals surface area (Å²) in [7, 11) is 0. The number of aliphatic hydroxyl groups is 1. The third kappa shape index (κ3) is 3.16. The minimum Gasteiger partial charge on any atom is -0.392 e. The summed E-state index contributed by atoms with van der Waals surface area (Å²) in [4.78, 5) is 18.2. The summed E-state index contributed by atoms with van der Waals surface area (Å²) in [5, 5.41) is 15.4. The lowest BCUT2D eigenvalue weighted by molar-refractivity contribution is 0.282. The monoisotopic (exact) mass is 395 g/mol. The minimum absolute atomic E-state index is 0.00692. The maximum Gasteiger partial charge on any atom is 0.196 e. The molecule has 5 rings (SSSR count). The van der Waals surface area contributed by atoms with E-state index in [9.17, 15) is 5.11 Å². The molecule has 0 aliphatic heterocycles. The fourth-order valence-electron chi connectivity index (χ4n) is 4.92. The lowest BCUT2D eigenvalue weighted by Crippen LogP contribution is -2.26.